The maximum Gasteiger partial charge on any atom is 0.136 e. The van der Waals surface area contributed by atoms with Crippen LogP contribution in [0.25, 0.3) is 0 Å². The van der Waals surface area contributed by atoms with Gasteiger partial charge in [-0.3, -0.25) is 0 Å². The van der Waals surface area contributed by atoms with E-state index in [-0.39, 0.29) is 12.4 Å². The second-order valence-electron chi connectivity index (χ2n) is 3.41. The summed E-state index contributed by atoms with van der Waals surface area (Å²) in [4.78, 5) is 3.94. The Kier molecular flexibility index (Phi) is 3.58. The van der Waals surface area contributed by atoms with Crippen LogP contribution in [0.4, 0.5) is 10.2 Å². The summed E-state index contributed by atoms with van der Waals surface area (Å²) in [6.45, 7) is 0.252. The maximum atomic E-state index is 13.0. The third-order valence-electron chi connectivity index (χ3n) is 2.20. The Balaban J connectivity index is 2.12. The first-order valence-electron chi connectivity index (χ1n) is 4.94. The van der Waals surface area contributed by atoms with E-state index in [0.717, 1.165) is 5.56 Å². The average molecular weight is 297 g/mol. The highest BCUT2D eigenvalue weighted by atomic mass is 79.9. The van der Waals surface area contributed by atoms with Crippen LogP contribution >= 0.6 is 15.9 Å². The van der Waals surface area contributed by atoms with E-state index in [4.69, 9.17) is 10.5 Å². The van der Waals surface area contributed by atoms with Crippen molar-refractivity contribution in [1.82, 2.24) is 4.98 Å². The quantitative estimate of drug-likeness (QED) is 0.946. The van der Waals surface area contributed by atoms with Gasteiger partial charge < -0.3 is 10.5 Å². The minimum absolute atomic E-state index is 0.252. The number of anilines is 1. The lowest BCUT2D eigenvalue weighted by Crippen LogP contribution is -2.02. The monoisotopic (exact) mass is 296 g/mol. The number of pyridine rings is 1. The Morgan fingerprint density at radius 2 is 2.18 bits per heavy atom. The predicted molar refractivity (Wildman–Crippen MR) is 67.1 cm³/mol. The van der Waals surface area contributed by atoms with E-state index in [1.807, 2.05) is 6.07 Å². The van der Waals surface area contributed by atoms with Gasteiger partial charge in [0.05, 0.1) is 4.47 Å². The van der Waals surface area contributed by atoms with Gasteiger partial charge in [0, 0.05) is 17.8 Å². The largest absolute Gasteiger partial charge is 0.487 e. The number of benzene rings is 1. The lowest BCUT2D eigenvalue weighted by molar-refractivity contribution is 0.303. The smallest absolute Gasteiger partial charge is 0.136 e. The summed E-state index contributed by atoms with van der Waals surface area (Å²) in [5.41, 5.74) is 6.44. The molecule has 3 nitrogen and oxygen atoms in total. The Bertz CT molecular complexity index is 534. The fourth-order valence-electron chi connectivity index (χ4n) is 1.32. The van der Waals surface area contributed by atoms with Crippen molar-refractivity contribution in [2.24, 2.45) is 0 Å². The molecule has 0 radical (unpaired) electrons. The molecule has 0 atom stereocenters. The first-order valence-corrected chi connectivity index (χ1v) is 5.73. The molecular weight excluding hydrogens is 287 g/mol. The molecule has 1 heterocycles. The fraction of sp³-hybridized carbons (Fsp3) is 0.0833. The number of rotatable bonds is 3. The van der Waals surface area contributed by atoms with Crippen LogP contribution in [0.1, 0.15) is 5.56 Å². The van der Waals surface area contributed by atoms with Crippen LogP contribution in [0.5, 0.6) is 5.75 Å². The molecule has 0 saturated carbocycles. The fourth-order valence-corrected chi connectivity index (χ4v) is 1.68. The molecule has 0 bridgehead atoms. The molecule has 2 rings (SSSR count). The summed E-state index contributed by atoms with van der Waals surface area (Å²) in [5, 5.41) is 0. The predicted octanol–water partition coefficient (Wildman–Crippen LogP) is 3.14. The van der Waals surface area contributed by atoms with Gasteiger partial charge in [-0.05, 0) is 34.1 Å². The van der Waals surface area contributed by atoms with Gasteiger partial charge in [-0.2, -0.15) is 0 Å². The SMILES string of the molecule is Nc1ncccc1COc1cc(F)ccc1Br. The summed E-state index contributed by atoms with van der Waals surface area (Å²) in [5.74, 6) is 0.510. The highest BCUT2D eigenvalue weighted by Gasteiger charge is 2.05. The van der Waals surface area contributed by atoms with Crippen LogP contribution in [0.15, 0.2) is 41.0 Å². The summed E-state index contributed by atoms with van der Waals surface area (Å²) >= 11 is 3.28. The average Bonchev–Trinajstić information content (AvgIpc) is 2.32. The van der Waals surface area contributed by atoms with Crippen molar-refractivity contribution in [3.05, 3.63) is 52.4 Å². The van der Waals surface area contributed by atoms with E-state index in [1.54, 1.807) is 18.3 Å². The Hall–Kier alpha value is -1.62. The van der Waals surface area contributed by atoms with Crippen molar-refractivity contribution < 1.29 is 9.13 Å². The number of halogens is 2. The lowest BCUT2D eigenvalue weighted by Gasteiger charge is -2.09. The molecule has 17 heavy (non-hydrogen) atoms. The number of aromatic nitrogens is 1. The van der Waals surface area contributed by atoms with Crippen molar-refractivity contribution in [2.75, 3.05) is 5.73 Å². The standard InChI is InChI=1S/C12H10BrFN2O/c13-10-4-3-9(14)6-11(10)17-7-8-2-1-5-16-12(8)15/h1-6H,7H2,(H2,15,16). The normalized spacial score (nSPS) is 10.2. The summed E-state index contributed by atoms with van der Waals surface area (Å²) in [6, 6.07) is 7.86. The van der Waals surface area contributed by atoms with Gasteiger partial charge in [-0.15, -0.1) is 0 Å². The van der Waals surface area contributed by atoms with Crippen LogP contribution < -0.4 is 10.5 Å². The molecule has 0 saturated heterocycles. The highest BCUT2D eigenvalue weighted by molar-refractivity contribution is 9.10. The zero-order valence-corrected chi connectivity index (χ0v) is 10.4. The number of ether oxygens (including phenoxy) is 1. The van der Waals surface area contributed by atoms with Crippen molar-refractivity contribution in [1.29, 1.82) is 0 Å². The van der Waals surface area contributed by atoms with E-state index in [1.165, 1.54) is 12.1 Å². The van der Waals surface area contributed by atoms with Crippen molar-refractivity contribution >= 4 is 21.7 Å². The molecule has 0 aliphatic heterocycles. The summed E-state index contributed by atoms with van der Waals surface area (Å²) in [7, 11) is 0. The molecule has 0 spiro atoms. The van der Waals surface area contributed by atoms with Crippen LogP contribution in [0.3, 0.4) is 0 Å². The second-order valence-corrected chi connectivity index (χ2v) is 4.27. The van der Waals surface area contributed by atoms with Crippen molar-refractivity contribution in [3.63, 3.8) is 0 Å². The minimum atomic E-state index is -0.345. The Labute approximate surface area is 107 Å². The molecule has 0 unspecified atom stereocenters. The molecule has 5 heteroatoms. The molecule has 0 aliphatic rings. The molecule has 2 N–H and O–H groups in total. The first-order chi connectivity index (χ1) is 8.16. The second kappa shape index (κ2) is 5.14. The van der Waals surface area contributed by atoms with Crippen LogP contribution in [-0.2, 0) is 6.61 Å². The molecule has 0 fully saturated rings. The topological polar surface area (TPSA) is 48.1 Å². The third kappa shape index (κ3) is 2.94. The lowest BCUT2D eigenvalue weighted by atomic mass is 10.3. The molecule has 88 valence electrons. The van der Waals surface area contributed by atoms with Crippen LogP contribution in [-0.4, -0.2) is 4.98 Å². The van der Waals surface area contributed by atoms with Crippen molar-refractivity contribution in [3.8, 4) is 5.75 Å². The molecule has 1 aromatic carbocycles. The zero-order chi connectivity index (χ0) is 12.3. The van der Waals surface area contributed by atoms with Gasteiger partial charge in [0.2, 0.25) is 0 Å². The summed E-state index contributed by atoms with van der Waals surface area (Å²) in [6.07, 6.45) is 1.61. The first kappa shape index (κ1) is 11.9. The van der Waals surface area contributed by atoms with Gasteiger partial charge >= 0.3 is 0 Å². The number of nitrogens with two attached hydrogens (primary N) is 1. The van der Waals surface area contributed by atoms with E-state index in [0.29, 0.717) is 16.0 Å². The molecule has 2 aromatic rings. The zero-order valence-electron chi connectivity index (χ0n) is 8.86. The minimum Gasteiger partial charge on any atom is -0.487 e. The Morgan fingerprint density at radius 3 is 2.94 bits per heavy atom. The number of nitrogens with zero attached hydrogens (tertiary/aromatic N) is 1. The Morgan fingerprint density at radius 1 is 1.35 bits per heavy atom. The van der Waals surface area contributed by atoms with Gasteiger partial charge in [-0.1, -0.05) is 6.07 Å². The van der Waals surface area contributed by atoms with Gasteiger partial charge in [0.25, 0.3) is 0 Å². The maximum absolute atomic E-state index is 13.0. The van der Waals surface area contributed by atoms with Crippen LogP contribution in [0.2, 0.25) is 0 Å². The van der Waals surface area contributed by atoms with E-state index in [2.05, 4.69) is 20.9 Å². The van der Waals surface area contributed by atoms with E-state index >= 15 is 0 Å². The van der Waals surface area contributed by atoms with Crippen LogP contribution in [0, 0.1) is 5.82 Å². The molecule has 1 aromatic heterocycles. The van der Waals surface area contributed by atoms with Crippen molar-refractivity contribution in [2.45, 2.75) is 6.61 Å². The highest BCUT2D eigenvalue weighted by Crippen LogP contribution is 2.26. The van der Waals surface area contributed by atoms with Gasteiger partial charge in [-0.25, -0.2) is 9.37 Å². The molecule has 0 aliphatic carbocycles. The summed E-state index contributed by atoms with van der Waals surface area (Å²) < 4.78 is 19.2. The number of nitrogen functional groups attached to an aromatic ring is 1. The molecular formula is C12H10BrFN2O. The molecule has 0 amide bonds. The third-order valence-corrected chi connectivity index (χ3v) is 2.86. The number of hydrogen-bond donors (Lipinski definition) is 1. The van der Waals surface area contributed by atoms with E-state index in [9.17, 15) is 4.39 Å². The van der Waals surface area contributed by atoms with E-state index < -0.39 is 0 Å². The van der Waals surface area contributed by atoms with Gasteiger partial charge in [0.1, 0.15) is 24.0 Å². The van der Waals surface area contributed by atoms with Gasteiger partial charge in [0.15, 0.2) is 0 Å². The number of hydrogen-bond acceptors (Lipinski definition) is 3.